The van der Waals surface area contributed by atoms with Crippen LogP contribution in [0.3, 0.4) is 0 Å². The molecule has 0 aliphatic heterocycles. The number of rotatable bonds is 3. The molecule has 0 fully saturated rings. The van der Waals surface area contributed by atoms with Crippen molar-refractivity contribution in [2.75, 3.05) is 7.11 Å². The Labute approximate surface area is 107 Å². The van der Waals surface area contributed by atoms with E-state index in [4.69, 9.17) is 5.14 Å². The Morgan fingerprint density at radius 1 is 1.33 bits per heavy atom. The van der Waals surface area contributed by atoms with Gasteiger partial charge in [-0.15, -0.1) is 0 Å². The fourth-order valence-electron chi connectivity index (χ4n) is 1.88. The Balaban J connectivity index is 3.66. The predicted molar refractivity (Wildman–Crippen MR) is 68.0 cm³/mol. The van der Waals surface area contributed by atoms with Gasteiger partial charge < -0.3 is 4.74 Å². The minimum atomic E-state index is -3.88. The molecular formula is C12H17NO4S. The highest BCUT2D eigenvalue weighted by Crippen LogP contribution is 2.28. The van der Waals surface area contributed by atoms with E-state index in [9.17, 15) is 13.2 Å². The van der Waals surface area contributed by atoms with Crippen LogP contribution in [0.2, 0.25) is 0 Å². The van der Waals surface area contributed by atoms with Crippen molar-refractivity contribution in [1.82, 2.24) is 0 Å². The second kappa shape index (κ2) is 5.07. The lowest BCUT2D eigenvalue weighted by molar-refractivity contribution is 0.0599. The second-order valence-corrected chi connectivity index (χ2v) is 5.85. The molecule has 0 spiro atoms. The maximum Gasteiger partial charge on any atom is 0.338 e. The average molecular weight is 271 g/mol. The van der Waals surface area contributed by atoms with Gasteiger partial charge in [0.1, 0.15) is 0 Å². The highest BCUT2D eigenvalue weighted by atomic mass is 32.2. The van der Waals surface area contributed by atoms with Gasteiger partial charge in [0.2, 0.25) is 10.0 Å². The van der Waals surface area contributed by atoms with E-state index < -0.39 is 16.0 Å². The summed E-state index contributed by atoms with van der Waals surface area (Å²) < 4.78 is 27.9. The fraction of sp³-hybridized carbons (Fsp3) is 0.417. The third-order valence-electron chi connectivity index (χ3n) is 2.75. The molecule has 0 aliphatic carbocycles. The molecule has 0 saturated carbocycles. The van der Waals surface area contributed by atoms with Crippen LogP contribution in [-0.4, -0.2) is 21.5 Å². The van der Waals surface area contributed by atoms with Crippen LogP contribution in [-0.2, 0) is 14.8 Å². The zero-order chi connectivity index (χ0) is 14.1. The van der Waals surface area contributed by atoms with E-state index in [-0.39, 0.29) is 16.4 Å². The van der Waals surface area contributed by atoms with Crippen LogP contribution >= 0.6 is 0 Å². The molecule has 2 N–H and O–H groups in total. The number of methoxy groups -OCH3 is 1. The number of hydrogen-bond donors (Lipinski definition) is 1. The average Bonchev–Trinajstić information content (AvgIpc) is 2.25. The summed E-state index contributed by atoms with van der Waals surface area (Å²) in [5.41, 5.74) is 1.14. The summed E-state index contributed by atoms with van der Waals surface area (Å²) in [5, 5.41) is 5.23. The summed E-state index contributed by atoms with van der Waals surface area (Å²) in [6.45, 7) is 5.28. The third kappa shape index (κ3) is 2.70. The minimum absolute atomic E-state index is 0.0104. The van der Waals surface area contributed by atoms with Crippen LogP contribution in [0, 0.1) is 6.92 Å². The summed E-state index contributed by atoms with van der Waals surface area (Å²) >= 11 is 0. The Kier molecular flexibility index (Phi) is 4.13. The van der Waals surface area contributed by atoms with Crippen molar-refractivity contribution in [3.8, 4) is 0 Å². The zero-order valence-electron chi connectivity index (χ0n) is 10.9. The standard InChI is InChI=1S/C12H17NO4S/c1-7(2)9-5-6-10(12(14)17-4)8(3)11(9)18(13,15)16/h5-7H,1-4H3,(H2,13,15,16). The van der Waals surface area contributed by atoms with E-state index in [1.165, 1.54) is 7.11 Å². The first kappa shape index (κ1) is 14.7. The summed E-state index contributed by atoms with van der Waals surface area (Å²) in [7, 11) is -2.64. The smallest absolute Gasteiger partial charge is 0.338 e. The van der Waals surface area contributed by atoms with Crippen LogP contribution < -0.4 is 5.14 Å². The lowest BCUT2D eigenvalue weighted by Gasteiger charge is -2.16. The molecule has 1 aromatic carbocycles. The highest BCUT2D eigenvalue weighted by molar-refractivity contribution is 7.89. The van der Waals surface area contributed by atoms with E-state index in [0.717, 1.165) is 0 Å². The van der Waals surface area contributed by atoms with Crippen LogP contribution in [0.1, 0.15) is 41.3 Å². The van der Waals surface area contributed by atoms with Gasteiger partial charge >= 0.3 is 5.97 Å². The molecule has 0 radical (unpaired) electrons. The van der Waals surface area contributed by atoms with Crippen molar-refractivity contribution < 1.29 is 17.9 Å². The van der Waals surface area contributed by atoms with E-state index in [1.54, 1.807) is 19.1 Å². The van der Waals surface area contributed by atoms with Gasteiger partial charge in [-0.3, -0.25) is 0 Å². The minimum Gasteiger partial charge on any atom is -0.465 e. The number of ether oxygens (including phenoxy) is 1. The molecule has 0 unspecified atom stereocenters. The number of nitrogens with two attached hydrogens (primary N) is 1. The first-order valence-corrected chi connectivity index (χ1v) is 6.99. The molecule has 6 heteroatoms. The van der Waals surface area contributed by atoms with Gasteiger partial charge in [-0.1, -0.05) is 19.9 Å². The quantitative estimate of drug-likeness (QED) is 0.845. The molecular weight excluding hydrogens is 254 g/mol. The molecule has 18 heavy (non-hydrogen) atoms. The van der Waals surface area contributed by atoms with Crippen molar-refractivity contribution in [2.45, 2.75) is 31.6 Å². The Hall–Kier alpha value is -1.40. The molecule has 5 nitrogen and oxygen atoms in total. The molecule has 0 aliphatic rings. The van der Waals surface area contributed by atoms with Gasteiger partial charge in [0.15, 0.2) is 0 Å². The van der Waals surface area contributed by atoms with Crippen molar-refractivity contribution in [2.24, 2.45) is 5.14 Å². The largest absolute Gasteiger partial charge is 0.465 e. The number of esters is 1. The lowest BCUT2D eigenvalue weighted by Crippen LogP contribution is -2.19. The van der Waals surface area contributed by atoms with Gasteiger partial charge in [-0.05, 0) is 30.0 Å². The van der Waals surface area contributed by atoms with E-state index >= 15 is 0 Å². The molecule has 1 aromatic rings. The molecule has 1 rings (SSSR count). The number of benzene rings is 1. The Bertz CT molecular complexity index is 576. The maximum absolute atomic E-state index is 11.7. The van der Waals surface area contributed by atoms with Crippen LogP contribution in [0.15, 0.2) is 17.0 Å². The zero-order valence-corrected chi connectivity index (χ0v) is 11.7. The maximum atomic E-state index is 11.7. The molecule has 0 atom stereocenters. The fourth-order valence-corrected chi connectivity index (χ4v) is 3.05. The highest BCUT2D eigenvalue weighted by Gasteiger charge is 2.23. The summed E-state index contributed by atoms with van der Waals surface area (Å²) in [4.78, 5) is 11.6. The van der Waals surface area contributed by atoms with Gasteiger partial charge in [0.05, 0.1) is 17.6 Å². The van der Waals surface area contributed by atoms with E-state index in [0.29, 0.717) is 11.1 Å². The number of sulfonamides is 1. The Morgan fingerprint density at radius 2 is 1.89 bits per heavy atom. The number of carbonyl (C=O) groups excluding carboxylic acids is 1. The molecule has 0 amide bonds. The molecule has 0 saturated heterocycles. The van der Waals surface area contributed by atoms with Gasteiger partial charge in [0, 0.05) is 0 Å². The lowest BCUT2D eigenvalue weighted by atomic mass is 9.97. The third-order valence-corrected chi connectivity index (χ3v) is 3.86. The van der Waals surface area contributed by atoms with Crippen molar-refractivity contribution in [3.63, 3.8) is 0 Å². The second-order valence-electron chi connectivity index (χ2n) is 4.35. The van der Waals surface area contributed by atoms with E-state index in [2.05, 4.69) is 4.74 Å². The van der Waals surface area contributed by atoms with Crippen molar-refractivity contribution in [3.05, 3.63) is 28.8 Å². The molecule has 0 heterocycles. The summed E-state index contributed by atoms with van der Waals surface area (Å²) in [6, 6.07) is 3.16. The molecule has 0 aromatic heterocycles. The first-order valence-electron chi connectivity index (χ1n) is 5.44. The predicted octanol–water partition coefficient (Wildman–Crippen LogP) is 1.55. The monoisotopic (exact) mass is 271 g/mol. The SMILES string of the molecule is COC(=O)c1ccc(C(C)C)c(S(N)(=O)=O)c1C. The Morgan fingerprint density at radius 3 is 2.28 bits per heavy atom. The topological polar surface area (TPSA) is 86.5 Å². The summed E-state index contributed by atoms with van der Waals surface area (Å²) in [6.07, 6.45) is 0. The van der Waals surface area contributed by atoms with Crippen molar-refractivity contribution in [1.29, 1.82) is 0 Å². The molecule has 100 valence electrons. The van der Waals surface area contributed by atoms with Crippen LogP contribution in [0.4, 0.5) is 0 Å². The number of hydrogen-bond acceptors (Lipinski definition) is 4. The van der Waals surface area contributed by atoms with E-state index in [1.807, 2.05) is 13.8 Å². The van der Waals surface area contributed by atoms with Crippen molar-refractivity contribution >= 4 is 16.0 Å². The van der Waals surface area contributed by atoms with Crippen LogP contribution in [0.5, 0.6) is 0 Å². The van der Waals surface area contributed by atoms with Gasteiger partial charge in [0.25, 0.3) is 0 Å². The van der Waals surface area contributed by atoms with Crippen LogP contribution in [0.25, 0.3) is 0 Å². The first-order chi connectivity index (χ1) is 8.20. The number of primary sulfonamides is 1. The normalized spacial score (nSPS) is 11.7. The summed E-state index contributed by atoms with van der Waals surface area (Å²) in [5.74, 6) is -0.587. The van der Waals surface area contributed by atoms with Gasteiger partial charge in [-0.25, -0.2) is 18.4 Å². The number of carbonyl (C=O) groups is 1. The van der Waals surface area contributed by atoms with Gasteiger partial charge in [-0.2, -0.15) is 0 Å². The molecule has 0 bridgehead atoms.